The predicted molar refractivity (Wildman–Crippen MR) is 122 cm³/mol. The number of hydrogen-bond donors (Lipinski definition) is 3. The van der Waals surface area contributed by atoms with Crippen LogP contribution in [0.5, 0.6) is 0 Å². The summed E-state index contributed by atoms with van der Waals surface area (Å²) < 4.78 is 28.0. The number of fused-ring (bicyclic) bond motifs is 1. The van der Waals surface area contributed by atoms with Crippen LogP contribution in [0.4, 0.5) is 10.8 Å². The number of nitrogens with zero attached hydrogens (tertiary/aromatic N) is 2. The van der Waals surface area contributed by atoms with Crippen LogP contribution in [0.15, 0.2) is 77.1 Å². The summed E-state index contributed by atoms with van der Waals surface area (Å²) in [5, 5.41) is 14.4. The molecule has 3 aromatic carbocycles. The molecule has 0 aliphatic carbocycles. The molecule has 0 aliphatic heterocycles. The van der Waals surface area contributed by atoms with Gasteiger partial charge in [-0.25, -0.2) is 8.42 Å². The van der Waals surface area contributed by atoms with Gasteiger partial charge in [-0.1, -0.05) is 41.7 Å². The lowest BCUT2D eigenvalue weighted by molar-refractivity contribution is -0.115. The summed E-state index contributed by atoms with van der Waals surface area (Å²) >= 11 is 1.16. The first-order chi connectivity index (χ1) is 15.4. The summed E-state index contributed by atoms with van der Waals surface area (Å²) in [5.41, 5.74) is 2.07. The number of hydrogen-bond acceptors (Lipinski definition) is 7. The molecule has 0 fully saturated rings. The van der Waals surface area contributed by atoms with Gasteiger partial charge in [-0.05, 0) is 47.2 Å². The normalized spacial score (nSPS) is 11.1. The predicted octanol–water partition coefficient (Wildman–Crippen LogP) is 2.86. The summed E-state index contributed by atoms with van der Waals surface area (Å²) in [6.45, 7) is -0.241. The molecule has 3 N–H and O–H groups in total. The van der Waals surface area contributed by atoms with Crippen molar-refractivity contribution in [3.8, 4) is 0 Å². The molecular weight excluding hydrogens is 450 g/mol. The van der Waals surface area contributed by atoms with Gasteiger partial charge in [0.25, 0.3) is 15.9 Å². The Hall–Kier alpha value is -3.83. The molecule has 9 nitrogen and oxygen atoms in total. The summed E-state index contributed by atoms with van der Waals surface area (Å²) in [7, 11) is -3.80. The maximum Gasteiger partial charge on any atom is 0.261 e. The summed E-state index contributed by atoms with van der Waals surface area (Å²) in [4.78, 5) is 24.2. The van der Waals surface area contributed by atoms with Crippen LogP contribution in [0.1, 0.15) is 10.4 Å². The van der Waals surface area contributed by atoms with Crippen LogP contribution in [0, 0.1) is 0 Å². The first-order valence-corrected chi connectivity index (χ1v) is 11.7. The molecule has 11 heteroatoms. The van der Waals surface area contributed by atoms with E-state index in [1.165, 1.54) is 29.8 Å². The fraction of sp³-hybridized carbons (Fsp3) is 0.0476. The third kappa shape index (κ3) is 5.07. The Morgan fingerprint density at radius 3 is 2.41 bits per heavy atom. The quantitative estimate of drug-likeness (QED) is 0.383. The maximum absolute atomic E-state index is 12.7. The lowest BCUT2D eigenvalue weighted by Crippen LogP contribution is -2.32. The van der Waals surface area contributed by atoms with Gasteiger partial charge in [0.2, 0.25) is 11.0 Å². The van der Waals surface area contributed by atoms with E-state index in [1.54, 1.807) is 18.2 Å². The van der Waals surface area contributed by atoms with Crippen molar-refractivity contribution < 1.29 is 18.0 Å². The Balaban J connectivity index is 1.38. The molecule has 0 aliphatic rings. The minimum Gasteiger partial charge on any atom is -0.343 e. The second-order valence-corrected chi connectivity index (χ2v) is 9.18. The van der Waals surface area contributed by atoms with Crippen molar-refractivity contribution >= 4 is 54.8 Å². The number of sulfonamides is 1. The van der Waals surface area contributed by atoms with Gasteiger partial charge < -0.3 is 5.32 Å². The molecule has 32 heavy (non-hydrogen) atoms. The third-order valence-electron chi connectivity index (χ3n) is 4.45. The lowest BCUT2D eigenvalue weighted by atomic mass is 10.1. The third-order valence-corrected chi connectivity index (χ3v) is 6.43. The zero-order valence-corrected chi connectivity index (χ0v) is 18.1. The Morgan fingerprint density at radius 2 is 1.69 bits per heavy atom. The van der Waals surface area contributed by atoms with Gasteiger partial charge in [0, 0.05) is 11.3 Å². The van der Waals surface area contributed by atoms with Crippen molar-refractivity contribution in [1.29, 1.82) is 0 Å². The molecule has 0 saturated carbocycles. The lowest BCUT2D eigenvalue weighted by Gasteiger charge is -2.10. The van der Waals surface area contributed by atoms with Crippen LogP contribution in [0.2, 0.25) is 0 Å². The highest BCUT2D eigenvalue weighted by atomic mass is 32.2. The Bertz CT molecular complexity index is 1370. The van der Waals surface area contributed by atoms with Crippen molar-refractivity contribution in [2.24, 2.45) is 0 Å². The second-order valence-electron chi connectivity index (χ2n) is 6.67. The zero-order chi connectivity index (χ0) is 22.6. The number of nitrogens with one attached hydrogen (secondary N) is 3. The fourth-order valence-electron chi connectivity index (χ4n) is 2.89. The van der Waals surface area contributed by atoms with Gasteiger partial charge in [0.1, 0.15) is 5.51 Å². The van der Waals surface area contributed by atoms with Crippen molar-refractivity contribution in [3.63, 3.8) is 0 Å². The number of benzene rings is 3. The van der Waals surface area contributed by atoms with E-state index in [2.05, 4.69) is 25.6 Å². The highest BCUT2D eigenvalue weighted by molar-refractivity contribution is 7.92. The molecular formula is C21H17N5O4S2. The van der Waals surface area contributed by atoms with Gasteiger partial charge in [0.15, 0.2) is 0 Å². The first-order valence-electron chi connectivity index (χ1n) is 9.37. The van der Waals surface area contributed by atoms with Gasteiger partial charge in [-0.2, -0.15) is 0 Å². The van der Waals surface area contributed by atoms with Crippen LogP contribution in [0.3, 0.4) is 0 Å². The Morgan fingerprint density at radius 1 is 0.938 bits per heavy atom. The van der Waals surface area contributed by atoms with Crippen LogP contribution >= 0.6 is 11.3 Å². The smallest absolute Gasteiger partial charge is 0.261 e. The minimum absolute atomic E-state index is 0.138. The molecule has 4 rings (SSSR count). The SMILES string of the molecule is O=C(CNC(=O)c1ccc(NS(=O)(=O)c2ccc3ccccc3c2)cc1)Nc1nncs1. The summed E-state index contributed by atoms with van der Waals surface area (Å²) in [5.74, 6) is -0.906. The molecule has 2 amide bonds. The fourth-order valence-corrected chi connectivity index (χ4v) is 4.45. The zero-order valence-electron chi connectivity index (χ0n) is 16.5. The van der Waals surface area contributed by atoms with Crippen LogP contribution in [-0.4, -0.2) is 37.0 Å². The Labute approximate surface area is 187 Å². The van der Waals surface area contributed by atoms with E-state index in [0.717, 1.165) is 22.1 Å². The number of aromatic nitrogens is 2. The monoisotopic (exact) mass is 467 g/mol. The summed E-state index contributed by atoms with van der Waals surface area (Å²) in [6.07, 6.45) is 0. The molecule has 1 heterocycles. The van der Waals surface area contributed by atoms with Crippen LogP contribution in [0.25, 0.3) is 10.8 Å². The van der Waals surface area contributed by atoms with Gasteiger partial charge in [-0.3, -0.25) is 19.6 Å². The number of anilines is 2. The Kier molecular flexibility index (Phi) is 6.10. The standard InChI is InChI=1S/C21H17N5O4S2/c27-19(24-21-25-23-13-31-21)12-22-20(28)15-5-8-17(9-6-15)26-32(29,30)18-10-7-14-3-1-2-4-16(14)11-18/h1-11,13,26H,12H2,(H,22,28)(H,24,25,27). The second kappa shape index (κ2) is 9.12. The van der Waals surface area contributed by atoms with Gasteiger partial charge >= 0.3 is 0 Å². The van der Waals surface area contributed by atoms with Crippen LogP contribution in [-0.2, 0) is 14.8 Å². The van der Waals surface area contributed by atoms with Crippen molar-refractivity contribution in [2.45, 2.75) is 4.90 Å². The number of rotatable bonds is 7. The van der Waals surface area contributed by atoms with E-state index in [-0.39, 0.29) is 17.0 Å². The molecule has 1 aromatic heterocycles. The maximum atomic E-state index is 12.7. The minimum atomic E-state index is -3.80. The highest BCUT2D eigenvalue weighted by Gasteiger charge is 2.15. The van der Waals surface area contributed by atoms with E-state index in [9.17, 15) is 18.0 Å². The molecule has 0 radical (unpaired) electrons. The number of amides is 2. The largest absolute Gasteiger partial charge is 0.343 e. The van der Waals surface area contributed by atoms with E-state index in [4.69, 9.17) is 0 Å². The topological polar surface area (TPSA) is 130 Å². The average Bonchev–Trinajstić information content (AvgIpc) is 3.30. The van der Waals surface area contributed by atoms with Crippen molar-refractivity contribution in [3.05, 3.63) is 77.8 Å². The van der Waals surface area contributed by atoms with Crippen LogP contribution < -0.4 is 15.4 Å². The van der Waals surface area contributed by atoms with E-state index in [0.29, 0.717) is 10.8 Å². The molecule has 0 unspecified atom stereocenters. The molecule has 162 valence electrons. The number of carbonyl (C=O) groups excluding carboxylic acids is 2. The molecule has 0 bridgehead atoms. The van der Waals surface area contributed by atoms with Gasteiger partial charge in [0.05, 0.1) is 11.4 Å². The first kappa shape index (κ1) is 21.4. The average molecular weight is 468 g/mol. The molecule has 4 aromatic rings. The molecule has 0 saturated heterocycles. The molecule has 0 spiro atoms. The highest BCUT2D eigenvalue weighted by Crippen LogP contribution is 2.21. The van der Waals surface area contributed by atoms with E-state index >= 15 is 0 Å². The van der Waals surface area contributed by atoms with E-state index in [1.807, 2.05) is 24.3 Å². The molecule has 0 atom stereocenters. The van der Waals surface area contributed by atoms with Crippen molar-refractivity contribution in [2.75, 3.05) is 16.6 Å². The van der Waals surface area contributed by atoms with Crippen molar-refractivity contribution in [1.82, 2.24) is 15.5 Å². The summed E-state index contributed by atoms with van der Waals surface area (Å²) in [6, 6.07) is 18.3. The van der Waals surface area contributed by atoms with E-state index < -0.39 is 21.8 Å². The number of carbonyl (C=O) groups is 2. The van der Waals surface area contributed by atoms with Gasteiger partial charge in [-0.15, -0.1) is 10.2 Å².